The van der Waals surface area contributed by atoms with Crippen molar-refractivity contribution in [2.75, 3.05) is 6.54 Å². The first kappa shape index (κ1) is 9.46. The molecule has 0 aliphatic carbocycles. The van der Waals surface area contributed by atoms with Crippen molar-refractivity contribution in [2.45, 2.75) is 18.9 Å². The minimum absolute atomic E-state index is 0.503. The highest BCUT2D eigenvalue weighted by atomic mass is 32.1. The van der Waals surface area contributed by atoms with E-state index in [-0.39, 0.29) is 0 Å². The molecule has 3 heteroatoms. The quantitative estimate of drug-likeness (QED) is 0.732. The molecule has 0 amide bonds. The van der Waals surface area contributed by atoms with Gasteiger partial charge in [0.1, 0.15) is 0 Å². The topological polar surface area (TPSA) is 24.1 Å². The Bertz CT molecular complexity index is 310. The highest BCUT2D eigenvalue weighted by Crippen LogP contribution is 2.06. The number of rotatable bonds is 3. The Morgan fingerprint density at radius 3 is 2.71 bits per heavy atom. The van der Waals surface area contributed by atoms with Gasteiger partial charge in [0.25, 0.3) is 0 Å². The number of hydrogen-bond acceptors (Lipinski definition) is 1. The first-order valence-electron chi connectivity index (χ1n) is 4.93. The summed E-state index contributed by atoms with van der Waals surface area (Å²) < 4.78 is 0. The molecule has 1 saturated heterocycles. The number of aryl methyl sites for hydroxylation is 1. The van der Waals surface area contributed by atoms with Gasteiger partial charge in [-0.15, -0.1) is 0 Å². The van der Waals surface area contributed by atoms with E-state index in [1.54, 1.807) is 0 Å². The van der Waals surface area contributed by atoms with E-state index < -0.39 is 0 Å². The van der Waals surface area contributed by atoms with Gasteiger partial charge in [-0.2, -0.15) is 0 Å². The van der Waals surface area contributed by atoms with Crippen LogP contribution in [-0.4, -0.2) is 17.7 Å². The Hall–Kier alpha value is -1.09. The summed E-state index contributed by atoms with van der Waals surface area (Å²) in [6.45, 7) is 0.964. The number of nitrogens with one attached hydrogen (secondary N) is 2. The van der Waals surface area contributed by atoms with Crippen molar-refractivity contribution in [3.05, 3.63) is 35.9 Å². The molecule has 2 nitrogen and oxygen atoms in total. The molecule has 1 atom stereocenters. The molecule has 1 fully saturated rings. The van der Waals surface area contributed by atoms with Crippen LogP contribution in [0.5, 0.6) is 0 Å². The van der Waals surface area contributed by atoms with Gasteiger partial charge in [-0.3, -0.25) is 0 Å². The van der Waals surface area contributed by atoms with Crippen molar-refractivity contribution >= 4 is 17.3 Å². The molecule has 0 aromatic heterocycles. The van der Waals surface area contributed by atoms with Crippen molar-refractivity contribution in [3.8, 4) is 0 Å². The van der Waals surface area contributed by atoms with E-state index in [1.807, 2.05) is 6.07 Å². The van der Waals surface area contributed by atoms with E-state index >= 15 is 0 Å². The molecular formula is C11H14N2S. The summed E-state index contributed by atoms with van der Waals surface area (Å²) in [5.74, 6) is 0. The van der Waals surface area contributed by atoms with E-state index in [0.29, 0.717) is 6.04 Å². The summed E-state index contributed by atoms with van der Waals surface area (Å²) in [5, 5.41) is 7.17. The first-order valence-corrected chi connectivity index (χ1v) is 5.34. The molecule has 1 aromatic rings. The van der Waals surface area contributed by atoms with Crippen molar-refractivity contribution in [1.29, 1.82) is 0 Å². The summed E-state index contributed by atoms with van der Waals surface area (Å²) in [7, 11) is 0. The molecule has 74 valence electrons. The molecule has 1 heterocycles. The Morgan fingerprint density at radius 2 is 2.07 bits per heavy atom. The van der Waals surface area contributed by atoms with Gasteiger partial charge in [0, 0.05) is 12.6 Å². The van der Waals surface area contributed by atoms with Crippen LogP contribution in [-0.2, 0) is 6.42 Å². The SMILES string of the molecule is S=C1NCC(CCc2ccccc2)N1. The average Bonchev–Trinajstić information content (AvgIpc) is 2.63. The van der Waals surface area contributed by atoms with Gasteiger partial charge in [-0.25, -0.2) is 0 Å². The summed E-state index contributed by atoms with van der Waals surface area (Å²) >= 11 is 5.00. The molecule has 0 radical (unpaired) electrons. The van der Waals surface area contributed by atoms with Crippen LogP contribution in [0.4, 0.5) is 0 Å². The Morgan fingerprint density at radius 1 is 1.29 bits per heavy atom. The zero-order valence-electron chi connectivity index (χ0n) is 7.99. The Balaban J connectivity index is 1.80. The summed E-state index contributed by atoms with van der Waals surface area (Å²) in [4.78, 5) is 0. The van der Waals surface area contributed by atoms with Gasteiger partial charge in [0.05, 0.1) is 0 Å². The molecule has 1 aliphatic heterocycles. The van der Waals surface area contributed by atoms with Gasteiger partial charge < -0.3 is 10.6 Å². The second kappa shape index (κ2) is 4.42. The van der Waals surface area contributed by atoms with Crippen molar-refractivity contribution in [3.63, 3.8) is 0 Å². The molecule has 1 aromatic carbocycles. The molecule has 1 aliphatic rings. The smallest absolute Gasteiger partial charge is 0.166 e. The van der Waals surface area contributed by atoms with Crippen LogP contribution in [0.1, 0.15) is 12.0 Å². The maximum absolute atomic E-state index is 5.00. The zero-order chi connectivity index (χ0) is 9.80. The highest BCUT2D eigenvalue weighted by molar-refractivity contribution is 7.80. The van der Waals surface area contributed by atoms with Gasteiger partial charge >= 0.3 is 0 Å². The first-order chi connectivity index (χ1) is 6.84. The van der Waals surface area contributed by atoms with Gasteiger partial charge in [0.15, 0.2) is 5.11 Å². The number of benzene rings is 1. The van der Waals surface area contributed by atoms with E-state index in [2.05, 4.69) is 34.9 Å². The fraction of sp³-hybridized carbons (Fsp3) is 0.364. The molecule has 0 bridgehead atoms. The lowest BCUT2D eigenvalue weighted by molar-refractivity contribution is 0.601. The predicted octanol–water partition coefficient (Wildman–Crippen LogP) is 1.47. The lowest BCUT2D eigenvalue weighted by Crippen LogP contribution is -2.26. The summed E-state index contributed by atoms with van der Waals surface area (Å²) in [6.07, 6.45) is 2.25. The molecule has 1 unspecified atom stereocenters. The van der Waals surface area contributed by atoms with Crippen LogP contribution in [0, 0.1) is 0 Å². The molecular weight excluding hydrogens is 192 g/mol. The maximum atomic E-state index is 5.00. The fourth-order valence-corrected chi connectivity index (χ4v) is 1.91. The van der Waals surface area contributed by atoms with Crippen LogP contribution in [0.3, 0.4) is 0 Å². The van der Waals surface area contributed by atoms with Crippen molar-refractivity contribution < 1.29 is 0 Å². The van der Waals surface area contributed by atoms with E-state index in [1.165, 1.54) is 5.56 Å². The minimum atomic E-state index is 0.503. The third-order valence-electron chi connectivity index (χ3n) is 2.47. The highest BCUT2D eigenvalue weighted by Gasteiger charge is 2.16. The maximum Gasteiger partial charge on any atom is 0.166 e. The Kier molecular flexibility index (Phi) is 2.99. The van der Waals surface area contributed by atoms with Gasteiger partial charge in [-0.1, -0.05) is 30.3 Å². The largest absolute Gasteiger partial charge is 0.361 e. The van der Waals surface area contributed by atoms with E-state index in [4.69, 9.17) is 12.2 Å². The monoisotopic (exact) mass is 206 g/mol. The lowest BCUT2D eigenvalue weighted by Gasteiger charge is -2.08. The van der Waals surface area contributed by atoms with Crippen LogP contribution >= 0.6 is 12.2 Å². The third kappa shape index (κ3) is 2.45. The number of hydrogen-bond donors (Lipinski definition) is 2. The average molecular weight is 206 g/mol. The van der Waals surface area contributed by atoms with Crippen molar-refractivity contribution in [2.24, 2.45) is 0 Å². The van der Waals surface area contributed by atoms with E-state index in [9.17, 15) is 0 Å². The molecule has 0 spiro atoms. The lowest BCUT2D eigenvalue weighted by atomic mass is 10.1. The standard InChI is InChI=1S/C11H14N2S/c14-11-12-8-10(13-11)7-6-9-4-2-1-3-5-9/h1-5,10H,6-8H2,(H2,12,13,14). The zero-order valence-corrected chi connectivity index (χ0v) is 8.81. The van der Waals surface area contributed by atoms with Crippen LogP contribution < -0.4 is 10.6 Å². The molecule has 14 heavy (non-hydrogen) atoms. The van der Waals surface area contributed by atoms with Crippen molar-refractivity contribution in [1.82, 2.24) is 10.6 Å². The van der Waals surface area contributed by atoms with Gasteiger partial charge in [0.2, 0.25) is 0 Å². The third-order valence-corrected chi connectivity index (χ3v) is 2.73. The number of thiocarbonyl (C=S) groups is 1. The predicted molar refractivity (Wildman–Crippen MR) is 62.3 cm³/mol. The van der Waals surface area contributed by atoms with Crippen LogP contribution in [0.25, 0.3) is 0 Å². The van der Waals surface area contributed by atoms with Crippen LogP contribution in [0.15, 0.2) is 30.3 Å². The van der Waals surface area contributed by atoms with E-state index in [0.717, 1.165) is 24.5 Å². The second-order valence-electron chi connectivity index (χ2n) is 3.58. The normalized spacial score (nSPS) is 20.3. The molecule has 0 saturated carbocycles. The minimum Gasteiger partial charge on any atom is -0.361 e. The fourth-order valence-electron chi connectivity index (χ4n) is 1.66. The molecule has 2 N–H and O–H groups in total. The Labute approximate surface area is 89.7 Å². The summed E-state index contributed by atoms with van der Waals surface area (Å²) in [5.41, 5.74) is 1.40. The van der Waals surface area contributed by atoms with Crippen LogP contribution in [0.2, 0.25) is 0 Å². The molecule has 2 rings (SSSR count). The summed E-state index contributed by atoms with van der Waals surface area (Å²) in [6, 6.07) is 11.1. The second-order valence-corrected chi connectivity index (χ2v) is 3.98. The van der Waals surface area contributed by atoms with Gasteiger partial charge in [-0.05, 0) is 30.6 Å².